The third kappa shape index (κ3) is 2.76. The quantitative estimate of drug-likeness (QED) is 0.811. The van der Waals surface area contributed by atoms with Gasteiger partial charge in [0.05, 0.1) is 10.6 Å². The van der Waals surface area contributed by atoms with Crippen molar-refractivity contribution in [1.29, 1.82) is 0 Å². The Bertz CT molecular complexity index is 682. The van der Waals surface area contributed by atoms with E-state index < -0.39 is 17.3 Å². The maximum absolute atomic E-state index is 12.5. The second-order valence-electron chi connectivity index (χ2n) is 3.77. The van der Waals surface area contributed by atoms with Crippen molar-refractivity contribution in [2.75, 3.05) is 0 Å². The predicted molar refractivity (Wildman–Crippen MR) is 62.4 cm³/mol. The van der Waals surface area contributed by atoms with E-state index in [0.717, 1.165) is 10.6 Å². The lowest BCUT2D eigenvalue weighted by Gasteiger charge is -2.10. The van der Waals surface area contributed by atoms with Gasteiger partial charge in [0.25, 0.3) is 5.56 Å². The lowest BCUT2D eigenvalue weighted by molar-refractivity contribution is -0.137. The van der Waals surface area contributed by atoms with Crippen molar-refractivity contribution in [3.05, 3.63) is 51.3 Å². The van der Waals surface area contributed by atoms with Crippen molar-refractivity contribution >= 4 is 11.6 Å². The summed E-state index contributed by atoms with van der Waals surface area (Å²) >= 11 is 5.73. The molecule has 0 aliphatic carbocycles. The summed E-state index contributed by atoms with van der Waals surface area (Å²) < 4.78 is 38.3. The van der Waals surface area contributed by atoms with Crippen molar-refractivity contribution in [2.24, 2.45) is 0 Å². The van der Waals surface area contributed by atoms with Gasteiger partial charge in [-0.05, 0) is 13.0 Å². The SMILES string of the molecule is Cc1cc(=O)n(-c2ncc(C(F)(F)F)cc2Cl)cn1. The summed E-state index contributed by atoms with van der Waals surface area (Å²) in [6, 6.07) is 1.95. The molecule has 0 N–H and O–H groups in total. The molecule has 100 valence electrons. The van der Waals surface area contributed by atoms with E-state index in [9.17, 15) is 18.0 Å². The van der Waals surface area contributed by atoms with Gasteiger partial charge >= 0.3 is 6.18 Å². The van der Waals surface area contributed by atoms with Crippen molar-refractivity contribution in [2.45, 2.75) is 13.1 Å². The number of hydrogen-bond acceptors (Lipinski definition) is 3. The van der Waals surface area contributed by atoms with Crippen LogP contribution in [0.4, 0.5) is 13.2 Å². The van der Waals surface area contributed by atoms with Crippen LogP contribution in [0.15, 0.2) is 29.5 Å². The van der Waals surface area contributed by atoms with Gasteiger partial charge in [-0.15, -0.1) is 0 Å². The molecule has 0 saturated carbocycles. The van der Waals surface area contributed by atoms with E-state index in [0.29, 0.717) is 11.9 Å². The Morgan fingerprint density at radius 1 is 1.26 bits per heavy atom. The summed E-state index contributed by atoms with van der Waals surface area (Å²) in [6.07, 6.45) is -2.75. The normalized spacial score (nSPS) is 11.6. The number of aromatic nitrogens is 3. The second-order valence-corrected chi connectivity index (χ2v) is 4.17. The summed E-state index contributed by atoms with van der Waals surface area (Å²) in [4.78, 5) is 19.1. The molecule has 19 heavy (non-hydrogen) atoms. The molecule has 2 aromatic heterocycles. The number of hydrogen-bond donors (Lipinski definition) is 0. The van der Waals surface area contributed by atoms with E-state index in [1.165, 1.54) is 12.4 Å². The monoisotopic (exact) mass is 289 g/mol. The number of halogens is 4. The van der Waals surface area contributed by atoms with Crippen LogP contribution in [0.5, 0.6) is 0 Å². The van der Waals surface area contributed by atoms with Crippen molar-refractivity contribution in [1.82, 2.24) is 14.5 Å². The second kappa shape index (κ2) is 4.65. The molecule has 2 rings (SSSR count). The highest BCUT2D eigenvalue weighted by atomic mass is 35.5. The third-order valence-corrected chi connectivity index (χ3v) is 2.60. The summed E-state index contributed by atoms with van der Waals surface area (Å²) in [6.45, 7) is 1.62. The molecular weight excluding hydrogens is 283 g/mol. The molecule has 0 radical (unpaired) electrons. The fourth-order valence-corrected chi connectivity index (χ4v) is 1.67. The Hall–Kier alpha value is -1.89. The van der Waals surface area contributed by atoms with Crippen LogP contribution >= 0.6 is 11.6 Å². The minimum Gasteiger partial charge on any atom is -0.269 e. The molecule has 0 spiro atoms. The summed E-state index contributed by atoms with van der Waals surface area (Å²) in [5, 5.41) is -0.275. The number of nitrogens with zero attached hydrogens (tertiary/aromatic N) is 3. The van der Waals surface area contributed by atoms with E-state index in [1.54, 1.807) is 6.92 Å². The topological polar surface area (TPSA) is 47.8 Å². The molecule has 0 aromatic carbocycles. The Balaban J connectivity index is 2.56. The summed E-state index contributed by atoms with van der Waals surface area (Å²) in [5.74, 6) is -0.0906. The minimum absolute atomic E-state index is 0.0906. The Morgan fingerprint density at radius 2 is 1.95 bits per heavy atom. The molecule has 0 amide bonds. The fourth-order valence-electron chi connectivity index (χ4n) is 1.41. The lowest BCUT2D eigenvalue weighted by atomic mass is 10.3. The zero-order chi connectivity index (χ0) is 14.2. The number of rotatable bonds is 1. The summed E-state index contributed by atoms with van der Waals surface area (Å²) in [7, 11) is 0. The van der Waals surface area contributed by atoms with Crippen LogP contribution in [0.25, 0.3) is 5.82 Å². The van der Waals surface area contributed by atoms with Crippen molar-refractivity contribution in [3.8, 4) is 5.82 Å². The van der Waals surface area contributed by atoms with Gasteiger partial charge in [0, 0.05) is 18.0 Å². The Morgan fingerprint density at radius 3 is 2.47 bits per heavy atom. The molecule has 0 fully saturated rings. The molecule has 2 heterocycles. The van der Waals surface area contributed by atoms with Crippen LogP contribution < -0.4 is 5.56 Å². The van der Waals surface area contributed by atoms with Crippen molar-refractivity contribution in [3.63, 3.8) is 0 Å². The average molecular weight is 290 g/mol. The van der Waals surface area contributed by atoms with Crippen LogP contribution in [-0.2, 0) is 6.18 Å². The van der Waals surface area contributed by atoms with Crippen molar-refractivity contribution < 1.29 is 13.2 Å². The van der Waals surface area contributed by atoms with Crippen LogP contribution in [0, 0.1) is 6.92 Å². The molecule has 0 unspecified atom stereocenters. The van der Waals surface area contributed by atoms with Gasteiger partial charge in [-0.3, -0.25) is 4.79 Å². The maximum atomic E-state index is 12.5. The zero-order valence-corrected chi connectivity index (χ0v) is 10.3. The van der Waals surface area contributed by atoms with Crippen LogP contribution in [0.1, 0.15) is 11.3 Å². The zero-order valence-electron chi connectivity index (χ0n) is 9.57. The number of alkyl halides is 3. The molecule has 0 atom stereocenters. The van der Waals surface area contributed by atoms with Crippen LogP contribution in [0.3, 0.4) is 0 Å². The molecule has 0 bridgehead atoms. The van der Waals surface area contributed by atoms with Gasteiger partial charge in [0.2, 0.25) is 0 Å². The third-order valence-electron chi connectivity index (χ3n) is 2.32. The molecule has 0 saturated heterocycles. The first kappa shape index (κ1) is 13.5. The maximum Gasteiger partial charge on any atom is 0.417 e. The van der Waals surface area contributed by atoms with E-state index in [-0.39, 0.29) is 10.8 Å². The van der Waals surface area contributed by atoms with E-state index >= 15 is 0 Å². The number of aryl methyl sites for hydroxylation is 1. The number of pyridine rings is 1. The van der Waals surface area contributed by atoms with Gasteiger partial charge < -0.3 is 0 Å². The molecule has 4 nitrogen and oxygen atoms in total. The van der Waals surface area contributed by atoms with Crippen LogP contribution in [0.2, 0.25) is 5.02 Å². The van der Waals surface area contributed by atoms with E-state index in [1.807, 2.05) is 0 Å². The predicted octanol–water partition coefficient (Wildman–Crippen LogP) is 2.61. The smallest absolute Gasteiger partial charge is 0.269 e. The first-order chi connectivity index (χ1) is 8.79. The van der Waals surface area contributed by atoms with Gasteiger partial charge in [-0.25, -0.2) is 14.5 Å². The fraction of sp³-hybridized carbons (Fsp3) is 0.182. The Kier molecular flexibility index (Phi) is 3.32. The highest BCUT2D eigenvalue weighted by Gasteiger charge is 2.31. The van der Waals surface area contributed by atoms with E-state index in [4.69, 9.17) is 11.6 Å². The summed E-state index contributed by atoms with van der Waals surface area (Å²) in [5.41, 5.74) is -0.958. The molecular formula is C11H7ClF3N3O. The Labute approximate surface area is 110 Å². The van der Waals surface area contributed by atoms with Gasteiger partial charge in [0.15, 0.2) is 5.82 Å². The standard InChI is InChI=1S/C11H7ClF3N3O/c1-6-2-9(19)18(5-17-6)10-8(12)3-7(4-16-10)11(13,14)15/h2-5H,1H3. The molecule has 0 aliphatic rings. The van der Waals surface area contributed by atoms with Gasteiger partial charge in [-0.1, -0.05) is 11.6 Å². The largest absolute Gasteiger partial charge is 0.417 e. The van der Waals surface area contributed by atoms with Gasteiger partial charge in [0.1, 0.15) is 6.33 Å². The van der Waals surface area contributed by atoms with E-state index in [2.05, 4.69) is 9.97 Å². The minimum atomic E-state index is -4.54. The lowest BCUT2D eigenvalue weighted by Crippen LogP contribution is -2.20. The van der Waals surface area contributed by atoms with Gasteiger partial charge in [-0.2, -0.15) is 13.2 Å². The van der Waals surface area contributed by atoms with Crippen LogP contribution in [-0.4, -0.2) is 14.5 Å². The molecule has 8 heteroatoms. The molecule has 0 aliphatic heterocycles. The molecule has 2 aromatic rings. The highest BCUT2D eigenvalue weighted by Crippen LogP contribution is 2.31. The first-order valence-corrected chi connectivity index (χ1v) is 5.45. The average Bonchev–Trinajstić information content (AvgIpc) is 2.28. The first-order valence-electron chi connectivity index (χ1n) is 5.07. The highest BCUT2D eigenvalue weighted by molar-refractivity contribution is 6.32.